The molecule has 3 aliphatic rings. The Hall–Kier alpha value is -3.59. The van der Waals surface area contributed by atoms with Gasteiger partial charge in [-0.3, -0.25) is 9.59 Å². The highest BCUT2D eigenvalue weighted by atomic mass is 35.5. The Kier molecular flexibility index (Phi) is 6.57. The molecule has 36 heavy (non-hydrogen) atoms. The molecule has 3 N–H and O–H groups in total. The second-order valence-corrected chi connectivity index (χ2v) is 9.72. The van der Waals surface area contributed by atoms with E-state index in [2.05, 4.69) is 16.0 Å². The average Bonchev–Trinajstić information content (AvgIpc) is 3.48. The summed E-state index contributed by atoms with van der Waals surface area (Å²) >= 11 is 6.19. The molecule has 1 aliphatic carbocycles. The first kappa shape index (κ1) is 24.1. The Morgan fingerprint density at radius 2 is 1.78 bits per heavy atom. The number of amides is 2. The van der Waals surface area contributed by atoms with Crippen molar-refractivity contribution in [3.05, 3.63) is 70.8 Å². The number of esters is 1. The molecule has 0 radical (unpaired) electrons. The summed E-state index contributed by atoms with van der Waals surface area (Å²) in [6.07, 6.45) is 3.20. The lowest BCUT2D eigenvalue weighted by atomic mass is 9.71. The maximum atomic E-state index is 13.4. The highest BCUT2D eigenvalue weighted by Crippen LogP contribution is 2.47. The molecule has 8 nitrogen and oxygen atoms in total. The fourth-order valence-electron chi connectivity index (χ4n) is 5.20. The molecule has 2 fully saturated rings. The first-order valence-corrected chi connectivity index (χ1v) is 12.3. The Labute approximate surface area is 212 Å². The Morgan fingerprint density at radius 3 is 2.50 bits per heavy atom. The number of nitrogens with one attached hydrogen (secondary N) is 3. The van der Waals surface area contributed by atoms with Crippen molar-refractivity contribution < 1.29 is 23.5 Å². The van der Waals surface area contributed by atoms with Crippen LogP contribution < -0.4 is 25.6 Å². The molecule has 2 heterocycles. The molecule has 2 aromatic rings. The first-order chi connectivity index (χ1) is 17.4. The van der Waals surface area contributed by atoms with E-state index in [4.69, 9.17) is 16.3 Å². The summed E-state index contributed by atoms with van der Waals surface area (Å²) in [4.78, 5) is 40.5. The number of benzene rings is 2. The SMILES string of the molecule is O=C(NC1CCC2(CC1)CCN(c1ccc(F)cc1Cl)C2=O)C1=C(C(=O)Oc2ccccc2)NCN1. The van der Waals surface area contributed by atoms with Crippen molar-refractivity contribution in [1.29, 1.82) is 0 Å². The fraction of sp³-hybridized carbons (Fsp3) is 0.346. The van der Waals surface area contributed by atoms with Crippen molar-refractivity contribution in [1.82, 2.24) is 16.0 Å². The summed E-state index contributed by atoms with van der Waals surface area (Å²) in [7, 11) is 0. The van der Waals surface area contributed by atoms with E-state index in [-0.39, 0.29) is 35.0 Å². The number of nitrogens with zero attached hydrogens (tertiary/aromatic N) is 1. The minimum absolute atomic E-state index is 0.00361. The van der Waals surface area contributed by atoms with Gasteiger partial charge in [-0.05, 0) is 62.4 Å². The topological polar surface area (TPSA) is 99.8 Å². The number of anilines is 1. The summed E-state index contributed by atoms with van der Waals surface area (Å²) in [5, 5.41) is 8.99. The number of carbonyl (C=O) groups excluding carboxylic acids is 3. The van der Waals surface area contributed by atoms with Gasteiger partial charge in [0.15, 0.2) is 5.70 Å². The van der Waals surface area contributed by atoms with E-state index in [9.17, 15) is 18.8 Å². The summed E-state index contributed by atoms with van der Waals surface area (Å²) in [6, 6.07) is 12.6. The highest BCUT2D eigenvalue weighted by molar-refractivity contribution is 6.34. The predicted octanol–water partition coefficient (Wildman–Crippen LogP) is 3.23. The monoisotopic (exact) mass is 512 g/mol. The van der Waals surface area contributed by atoms with Gasteiger partial charge in [0.2, 0.25) is 5.91 Å². The van der Waals surface area contributed by atoms with Crippen LogP contribution in [0.5, 0.6) is 5.75 Å². The van der Waals surface area contributed by atoms with E-state index in [1.165, 1.54) is 18.2 Å². The summed E-state index contributed by atoms with van der Waals surface area (Å²) < 4.78 is 18.8. The fourth-order valence-corrected chi connectivity index (χ4v) is 5.47. The quantitative estimate of drug-likeness (QED) is 0.420. The third-order valence-corrected chi connectivity index (χ3v) is 7.46. The molecule has 0 bridgehead atoms. The van der Waals surface area contributed by atoms with Gasteiger partial charge >= 0.3 is 5.97 Å². The van der Waals surface area contributed by atoms with Crippen LogP contribution in [0.1, 0.15) is 32.1 Å². The number of hydrogen-bond donors (Lipinski definition) is 3. The zero-order chi connectivity index (χ0) is 25.3. The van der Waals surface area contributed by atoms with Crippen molar-refractivity contribution in [2.24, 2.45) is 5.41 Å². The molecule has 0 unspecified atom stereocenters. The molecule has 188 valence electrons. The molecule has 1 saturated carbocycles. The lowest BCUT2D eigenvalue weighted by Crippen LogP contribution is -2.45. The molecule has 1 spiro atoms. The van der Waals surface area contributed by atoms with Crippen LogP contribution in [0.4, 0.5) is 10.1 Å². The number of halogens is 2. The van der Waals surface area contributed by atoms with Crippen molar-refractivity contribution >= 4 is 35.1 Å². The zero-order valence-corrected chi connectivity index (χ0v) is 20.2. The molecule has 2 aliphatic heterocycles. The van der Waals surface area contributed by atoms with Gasteiger partial charge in [0, 0.05) is 12.6 Å². The van der Waals surface area contributed by atoms with Crippen molar-refractivity contribution in [3.63, 3.8) is 0 Å². The lowest BCUT2D eigenvalue weighted by Gasteiger charge is -2.36. The smallest absolute Gasteiger partial charge is 0.362 e. The largest absolute Gasteiger partial charge is 0.422 e. The third-order valence-electron chi connectivity index (χ3n) is 7.16. The maximum Gasteiger partial charge on any atom is 0.362 e. The number of ether oxygens (including phenoxy) is 1. The maximum absolute atomic E-state index is 13.4. The van der Waals surface area contributed by atoms with Gasteiger partial charge in [0.1, 0.15) is 17.3 Å². The van der Waals surface area contributed by atoms with Crippen LogP contribution in [-0.4, -0.2) is 37.0 Å². The van der Waals surface area contributed by atoms with Gasteiger partial charge in [-0.25, -0.2) is 9.18 Å². The molecule has 5 rings (SSSR count). The van der Waals surface area contributed by atoms with Crippen LogP contribution in [0, 0.1) is 11.2 Å². The average molecular weight is 513 g/mol. The minimum atomic E-state index is -0.643. The number of carbonyl (C=O) groups is 3. The molecule has 0 atom stereocenters. The summed E-state index contributed by atoms with van der Waals surface area (Å²) in [6.45, 7) is 0.766. The Balaban J connectivity index is 1.20. The Bertz CT molecular complexity index is 1230. The van der Waals surface area contributed by atoms with Gasteiger partial charge in [-0.15, -0.1) is 0 Å². The van der Waals surface area contributed by atoms with Gasteiger partial charge in [0.05, 0.1) is 22.8 Å². The number of hydrogen-bond acceptors (Lipinski definition) is 6. The van der Waals surface area contributed by atoms with Gasteiger partial charge in [0.25, 0.3) is 5.91 Å². The van der Waals surface area contributed by atoms with E-state index in [0.717, 1.165) is 0 Å². The minimum Gasteiger partial charge on any atom is -0.422 e. The second kappa shape index (κ2) is 9.81. The standard InChI is InChI=1S/C26H26ClFN4O4/c27-19-14-16(28)6-7-20(19)32-13-12-26(25(32)35)10-8-17(9-11-26)31-23(33)21-22(30-15-29-21)24(34)36-18-4-2-1-3-5-18/h1-7,14,17,29-30H,8-13,15H2,(H,31,33). The summed E-state index contributed by atoms with van der Waals surface area (Å²) in [5.74, 6) is -1.09. The predicted molar refractivity (Wildman–Crippen MR) is 131 cm³/mol. The zero-order valence-electron chi connectivity index (χ0n) is 19.5. The molecular weight excluding hydrogens is 487 g/mol. The molecule has 10 heteroatoms. The van der Waals surface area contributed by atoms with Crippen molar-refractivity contribution in [2.75, 3.05) is 18.1 Å². The van der Waals surface area contributed by atoms with E-state index < -0.39 is 23.1 Å². The van der Waals surface area contributed by atoms with Gasteiger partial charge < -0.3 is 25.6 Å². The molecule has 1 saturated heterocycles. The van der Waals surface area contributed by atoms with Crippen LogP contribution in [0.15, 0.2) is 59.9 Å². The van der Waals surface area contributed by atoms with Crippen molar-refractivity contribution in [2.45, 2.75) is 38.1 Å². The van der Waals surface area contributed by atoms with Crippen LogP contribution in [0.3, 0.4) is 0 Å². The van der Waals surface area contributed by atoms with Gasteiger partial charge in [-0.1, -0.05) is 29.8 Å². The van der Waals surface area contributed by atoms with Crippen LogP contribution >= 0.6 is 11.6 Å². The van der Waals surface area contributed by atoms with Crippen LogP contribution in [0.25, 0.3) is 0 Å². The normalized spacial score (nSPS) is 23.4. The molecule has 2 aromatic carbocycles. The van der Waals surface area contributed by atoms with Crippen molar-refractivity contribution in [3.8, 4) is 5.75 Å². The number of para-hydroxylation sites is 1. The van der Waals surface area contributed by atoms with E-state index in [1.807, 2.05) is 6.07 Å². The van der Waals surface area contributed by atoms with Crippen LogP contribution in [0.2, 0.25) is 5.02 Å². The first-order valence-electron chi connectivity index (χ1n) is 11.9. The number of rotatable bonds is 5. The van der Waals surface area contributed by atoms with Crippen LogP contribution in [-0.2, 0) is 14.4 Å². The van der Waals surface area contributed by atoms with E-state index in [1.54, 1.807) is 29.2 Å². The molecule has 2 amide bonds. The second-order valence-electron chi connectivity index (χ2n) is 9.31. The third kappa shape index (κ3) is 4.63. The van der Waals surface area contributed by atoms with Gasteiger partial charge in [-0.2, -0.15) is 0 Å². The Morgan fingerprint density at radius 1 is 1.06 bits per heavy atom. The summed E-state index contributed by atoms with van der Waals surface area (Å²) in [5.41, 5.74) is 0.250. The lowest BCUT2D eigenvalue weighted by molar-refractivity contribution is -0.131. The molecule has 0 aromatic heterocycles. The van der Waals surface area contributed by atoms with E-state index in [0.29, 0.717) is 50.1 Å². The van der Waals surface area contributed by atoms with E-state index >= 15 is 0 Å². The highest BCUT2D eigenvalue weighted by Gasteiger charge is 2.49. The molecular formula is C26H26ClFN4O4.